The number of ether oxygens (including phenoxy) is 1. The van der Waals surface area contributed by atoms with Crippen molar-refractivity contribution in [2.75, 3.05) is 0 Å². The molecule has 0 spiro atoms. The molecule has 20 heavy (non-hydrogen) atoms. The summed E-state index contributed by atoms with van der Waals surface area (Å²) in [5, 5.41) is 9.71. The van der Waals surface area contributed by atoms with Crippen LogP contribution in [0.1, 0.15) is 15.9 Å². The molecular weight excluding hydrogens is 323 g/mol. The summed E-state index contributed by atoms with van der Waals surface area (Å²) < 4.78 is 5.53. The molecule has 0 aliphatic rings. The highest BCUT2D eigenvalue weighted by Gasteiger charge is 2.10. The molecule has 6 heteroatoms. The van der Waals surface area contributed by atoms with Gasteiger partial charge in [0.2, 0.25) is 0 Å². The highest BCUT2D eigenvalue weighted by molar-refractivity contribution is 6.48. The lowest BCUT2D eigenvalue weighted by molar-refractivity contribution is 0.0696. The van der Waals surface area contributed by atoms with E-state index in [0.717, 1.165) is 0 Å². The molecule has 1 N–H and O–H groups in total. The summed E-state index contributed by atoms with van der Waals surface area (Å²) in [6, 6.07) is 9.65. The van der Waals surface area contributed by atoms with Crippen LogP contribution in [0.4, 0.5) is 0 Å². The largest absolute Gasteiger partial charge is 0.487 e. The van der Waals surface area contributed by atoms with Crippen LogP contribution in [0.2, 0.25) is 15.1 Å². The Hall–Kier alpha value is -1.42. The number of carboxylic acids is 1. The predicted octanol–water partition coefficient (Wildman–Crippen LogP) is 4.92. The van der Waals surface area contributed by atoms with Crippen LogP contribution >= 0.6 is 34.8 Å². The normalized spacial score (nSPS) is 10.3. The van der Waals surface area contributed by atoms with E-state index in [2.05, 4.69) is 0 Å². The lowest BCUT2D eigenvalue weighted by Crippen LogP contribution is -2.00. The lowest BCUT2D eigenvalue weighted by Gasteiger charge is -2.10. The first-order valence-corrected chi connectivity index (χ1v) is 6.71. The summed E-state index contributed by atoms with van der Waals surface area (Å²) in [7, 11) is 0. The van der Waals surface area contributed by atoms with E-state index in [1.165, 1.54) is 12.1 Å². The number of carbonyl (C=O) groups is 1. The van der Waals surface area contributed by atoms with Crippen molar-refractivity contribution in [3.8, 4) is 5.75 Å². The second-order valence-electron chi connectivity index (χ2n) is 3.97. The fourth-order valence-corrected chi connectivity index (χ4v) is 2.16. The third-order valence-corrected chi connectivity index (χ3v) is 3.84. The molecule has 0 aliphatic heterocycles. The van der Waals surface area contributed by atoms with Crippen molar-refractivity contribution in [3.63, 3.8) is 0 Å². The van der Waals surface area contributed by atoms with Gasteiger partial charge in [-0.25, -0.2) is 4.79 Å². The zero-order chi connectivity index (χ0) is 14.7. The van der Waals surface area contributed by atoms with Crippen LogP contribution in [0.15, 0.2) is 36.4 Å². The average Bonchev–Trinajstić information content (AvgIpc) is 2.44. The Kier molecular flexibility index (Phi) is 4.76. The topological polar surface area (TPSA) is 46.5 Å². The van der Waals surface area contributed by atoms with Gasteiger partial charge in [-0.05, 0) is 29.8 Å². The Balaban J connectivity index is 2.15. The van der Waals surface area contributed by atoms with Crippen LogP contribution in [-0.2, 0) is 6.61 Å². The van der Waals surface area contributed by atoms with E-state index in [1.54, 1.807) is 24.3 Å². The minimum Gasteiger partial charge on any atom is -0.487 e. The molecule has 3 nitrogen and oxygen atoms in total. The van der Waals surface area contributed by atoms with Gasteiger partial charge in [-0.1, -0.05) is 46.9 Å². The monoisotopic (exact) mass is 330 g/mol. The molecule has 0 amide bonds. The van der Waals surface area contributed by atoms with Gasteiger partial charge >= 0.3 is 5.97 Å². The summed E-state index contributed by atoms with van der Waals surface area (Å²) in [4.78, 5) is 10.9. The van der Waals surface area contributed by atoms with E-state index in [4.69, 9.17) is 44.6 Å². The van der Waals surface area contributed by atoms with E-state index in [0.29, 0.717) is 16.3 Å². The molecular formula is C14H9Cl3O3. The molecule has 2 aromatic rings. The summed E-state index contributed by atoms with van der Waals surface area (Å²) >= 11 is 17.7. The second-order valence-corrected chi connectivity index (χ2v) is 5.13. The van der Waals surface area contributed by atoms with Gasteiger partial charge in [0.1, 0.15) is 17.4 Å². The molecule has 0 fully saturated rings. The molecule has 0 unspecified atom stereocenters. The Morgan fingerprint density at radius 3 is 2.55 bits per heavy atom. The Morgan fingerprint density at radius 2 is 1.85 bits per heavy atom. The quantitative estimate of drug-likeness (QED) is 0.809. The minimum atomic E-state index is -0.987. The van der Waals surface area contributed by atoms with Crippen LogP contribution in [0.5, 0.6) is 5.75 Å². The first-order valence-electron chi connectivity index (χ1n) is 5.57. The zero-order valence-corrected chi connectivity index (χ0v) is 12.3. The first-order chi connectivity index (χ1) is 9.49. The third-order valence-electron chi connectivity index (χ3n) is 2.57. The van der Waals surface area contributed by atoms with E-state index in [-0.39, 0.29) is 22.2 Å². The number of hydrogen-bond acceptors (Lipinski definition) is 2. The van der Waals surface area contributed by atoms with Gasteiger partial charge in [-0.15, -0.1) is 0 Å². The molecule has 0 saturated heterocycles. The minimum absolute atomic E-state index is 0.179. The standard InChI is InChI=1S/C14H9Cl3O3/c15-10-4-5-11(13(17)12(10)16)20-7-8-2-1-3-9(6-8)14(18)19/h1-6H,7H2,(H,18,19). The van der Waals surface area contributed by atoms with Crippen LogP contribution in [0.3, 0.4) is 0 Å². The van der Waals surface area contributed by atoms with Crippen LogP contribution in [0.25, 0.3) is 0 Å². The number of halogens is 3. The van der Waals surface area contributed by atoms with Gasteiger partial charge in [0.25, 0.3) is 0 Å². The van der Waals surface area contributed by atoms with E-state index < -0.39 is 5.97 Å². The molecule has 0 aromatic heterocycles. The van der Waals surface area contributed by atoms with Crippen molar-refractivity contribution in [1.82, 2.24) is 0 Å². The van der Waals surface area contributed by atoms with E-state index in [1.807, 2.05) is 0 Å². The average molecular weight is 332 g/mol. The molecule has 0 atom stereocenters. The summed E-state index contributed by atoms with van der Waals surface area (Å²) in [5.74, 6) is -0.596. The lowest BCUT2D eigenvalue weighted by atomic mass is 10.1. The fourth-order valence-electron chi connectivity index (χ4n) is 1.57. The molecule has 0 bridgehead atoms. The molecule has 0 saturated carbocycles. The molecule has 0 heterocycles. The summed E-state index contributed by atoms with van der Waals surface area (Å²) in [6.07, 6.45) is 0. The zero-order valence-electron chi connectivity index (χ0n) is 10.1. The summed E-state index contributed by atoms with van der Waals surface area (Å²) in [6.45, 7) is 0.179. The van der Waals surface area contributed by atoms with Gasteiger partial charge in [-0.2, -0.15) is 0 Å². The molecule has 2 rings (SSSR count). The summed E-state index contributed by atoms with van der Waals surface area (Å²) in [5.41, 5.74) is 0.915. The van der Waals surface area contributed by atoms with E-state index >= 15 is 0 Å². The Morgan fingerprint density at radius 1 is 1.10 bits per heavy atom. The molecule has 0 radical (unpaired) electrons. The molecule has 104 valence electrons. The first kappa shape index (κ1) is 15.0. The van der Waals surface area contributed by atoms with Gasteiger partial charge < -0.3 is 9.84 Å². The fraction of sp³-hybridized carbons (Fsp3) is 0.0714. The van der Waals surface area contributed by atoms with Crippen molar-refractivity contribution < 1.29 is 14.6 Å². The molecule has 0 aliphatic carbocycles. The van der Waals surface area contributed by atoms with Crippen molar-refractivity contribution >= 4 is 40.8 Å². The maximum atomic E-state index is 10.9. The van der Waals surface area contributed by atoms with Crippen LogP contribution < -0.4 is 4.74 Å². The van der Waals surface area contributed by atoms with Crippen molar-refractivity contribution in [3.05, 3.63) is 62.6 Å². The van der Waals surface area contributed by atoms with Gasteiger partial charge in [-0.3, -0.25) is 0 Å². The SMILES string of the molecule is O=C(O)c1cccc(COc2ccc(Cl)c(Cl)c2Cl)c1. The third kappa shape index (κ3) is 3.37. The molecule has 2 aromatic carbocycles. The van der Waals surface area contributed by atoms with Crippen molar-refractivity contribution in [2.24, 2.45) is 0 Å². The van der Waals surface area contributed by atoms with Crippen LogP contribution in [0, 0.1) is 0 Å². The number of aromatic carboxylic acids is 1. The number of rotatable bonds is 4. The maximum Gasteiger partial charge on any atom is 0.335 e. The Labute approximate surface area is 130 Å². The number of carboxylic acid groups (broad SMARTS) is 1. The Bertz CT molecular complexity index is 656. The predicted molar refractivity (Wildman–Crippen MR) is 79.2 cm³/mol. The maximum absolute atomic E-state index is 10.9. The van der Waals surface area contributed by atoms with Gasteiger partial charge in [0.05, 0.1) is 15.6 Å². The highest BCUT2D eigenvalue weighted by atomic mass is 35.5. The highest BCUT2D eigenvalue weighted by Crippen LogP contribution is 2.37. The van der Waals surface area contributed by atoms with E-state index in [9.17, 15) is 4.79 Å². The number of hydrogen-bond donors (Lipinski definition) is 1. The van der Waals surface area contributed by atoms with Crippen molar-refractivity contribution in [1.29, 1.82) is 0 Å². The van der Waals surface area contributed by atoms with Gasteiger partial charge in [0, 0.05) is 0 Å². The number of benzene rings is 2. The van der Waals surface area contributed by atoms with Crippen molar-refractivity contribution in [2.45, 2.75) is 6.61 Å². The van der Waals surface area contributed by atoms with Crippen LogP contribution in [-0.4, -0.2) is 11.1 Å². The second kappa shape index (κ2) is 6.35. The smallest absolute Gasteiger partial charge is 0.335 e. The van der Waals surface area contributed by atoms with Gasteiger partial charge in [0.15, 0.2) is 0 Å².